The van der Waals surface area contributed by atoms with Crippen LogP contribution in [0.5, 0.6) is 0 Å². The van der Waals surface area contributed by atoms with Crippen molar-refractivity contribution in [2.75, 3.05) is 24.2 Å². The number of aryl methyl sites for hydroxylation is 2. The summed E-state index contributed by atoms with van der Waals surface area (Å²) in [6.07, 6.45) is 7.24. The molecule has 0 unspecified atom stereocenters. The predicted molar refractivity (Wildman–Crippen MR) is 92.5 cm³/mol. The highest BCUT2D eigenvalue weighted by Crippen LogP contribution is 2.38. The van der Waals surface area contributed by atoms with Gasteiger partial charge in [0.1, 0.15) is 0 Å². The summed E-state index contributed by atoms with van der Waals surface area (Å²) in [5, 5.41) is 0. The second-order valence-electron chi connectivity index (χ2n) is 6.07. The lowest BCUT2D eigenvalue weighted by Gasteiger charge is -2.37. The molecule has 0 saturated carbocycles. The Labute approximate surface area is 131 Å². The van der Waals surface area contributed by atoms with E-state index >= 15 is 0 Å². The minimum atomic E-state index is 1.25. The monoisotopic (exact) mass is 295 g/mol. The summed E-state index contributed by atoms with van der Waals surface area (Å²) in [6.45, 7) is 2.50. The van der Waals surface area contributed by atoms with Gasteiger partial charge >= 0.3 is 0 Å². The summed E-state index contributed by atoms with van der Waals surface area (Å²) in [6, 6.07) is 13.9. The summed E-state index contributed by atoms with van der Waals surface area (Å²) < 4.78 is 0. The van der Waals surface area contributed by atoms with Crippen LogP contribution in [0.3, 0.4) is 0 Å². The maximum atomic E-state index is 2.61. The summed E-state index contributed by atoms with van der Waals surface area (Å²) in [5.74, 6) is 0. The fourth-order valence-corrected chi connectivity index (χ4v) is 4.16. The molecule has 2 aliphatic heterocycles. The molecule has 0 bridgehead atoms. The average Bonchev–Trinajstić information content (AvgIpc) is 2.55. The third-order valence-electron chi connectivity index (χ3n) is 4.76. The van der Waals surface area contributed by atoms with E-state index in [9.17, 15) is 0 Å². The molecule has 0 aromatic heterocycles. The molecule has 108 valence electrons. The van der Waals surface area contributed by atoms with E-state index < -0.39 is 0 Å². The average molecular weight is 295 g/mol. The van der Waals surface area contributed by atoms with Crippen molar-refractivity contribution < 1.29 is 0 Å². The Balaban J connectivity index is 1.79. The first-order chi connectivity index (χ1) is 10.3. The van der Waals surface area contributed by atoms with Gasteiger partial charge in [0.25, 0.3) is 0 Å². The summed E-state index contributed by atoms with van der Waals surface area (Å²) >= 11 is 1.81. The lowest BCUT2D eigenvalue weighted by molar-refractivity contribution is 0.634. The molecule has 0 fully saturated rings. The zero-order valence-corrected chi connectivity index (χ0v) is 13.4. The largest absolute Gasteiger partial charge is 0.371 e. The Kier molecular flexibility index (Phi) is 3.42. The lowest BCUT2D eigenvalue weighted by atomic mass is 9.88. The van der Waals surface area contributed by atoms with Crippen molar-refractivity contribution in [1.82, 2.24) is 0 Å². The molecule has 2 aliphatic rings. The van der Waals surface area contributed by atoms with E-state index in [0.29, 0.717) is 0 Å². The number of hydrogen-bond donors (Lipinski definition) is 0. The first kappa shape index (κ1) is 13.3. The van der Waals surface area contributed by atoms with Gasteiger partial charge in [0.05, 0.1) is 0 Å². The Hall–Kier alpha value is -1.41. The van der Waals surface area contributed by atoms with Gasteiger partial charge in [0.2, 0.25) is 0 Å². The summed E-state index contributed by atoms with van der Waals surface area (Å²) in [7, 11) is 0. The SMILES string of the molecule is CSc1ccc(-c2cc3c4c(c2)CCCN4CCC3)cc1. The number of anilines is 1. The Morgan fingerprint density at radius 1 is 0.857 bits per heavy atom. The van der Waals surface area contributed by atoms with Crippen LogP contribution in [-0.4, -0.2) is 19.3 Å². The zero-order valence-electron chi connectivity index (χ0n) is 12.6. The summed E-state index contributed by atoms with van der Waals surface area (Å²) in [4.78, 5) is 3.95. The van der Waals surface area contributed by atoms with Gasteiger partial charge in [-0.15, -0.1) is 11.8 Å². The van der Waals surface area contributed by atoms with Gasteiger partial charge in [0.15, 0.2) is 0 Å². The highest BCUT2D eigenvalue weighted by atomic mass is 32.2. The standard InChI is InChI=1S/C19H21NS/c1-21-18-8-6-14(7-9-18)17-12-15-4-2-10-20-11-3-5-16(13-17)19(15)20/h6-9,12-13H,2-5,10-11H2,1H3. The lowest BCUT2D eigenvalue weighted by Crippen LogP contribution is -2.34. The second kappa shape index (κ2) is 5.42. The zero-order chi connectivity index (χ0) is 14.2. The number of benzene rings is 2. The van der Waals surface area contributed by atoms with Crippen LogP contribution in [0.1, 0.15) is 24.0 Å². The van der Waals surface area contributed by atoms with Crippen LogP contribution in [0.15, 0.2) is 41.3 Å². The van der Waals surface area contributed by atoms with E-state index in [4.69, 9.17) is 0 Å². The molecule has 0 aliphatic carbocycles. The van der Waals surface area contributed by atoms with Gasteiger partial charge < -0.3 is 4.90 Å². The molecule has 0 radical (unpaired) electrons. The third-order valence-corrected chi connectivity index (χ3v) is 5.50. The molecule has 2 heterocycles. The van der Waals surface area contributed by atoms with Crippen molar-refractivity contribution in [2.45, 2.75) is 30.6 Å². The maximum absolute atomic E-state index is 2.61. The minimum absolute atomic E-state index is 1.25. The first-order valence-corrected chi connectivity index (χ1v) is 9.13. The van der Waals surface area contributed by atoms with Gasteiger partial charge in [-0.1, -0.05) is 12.1 Å². The quantitative estimate of drug-likeness (QED) is 0.734. The molecular weight excluding hydrogens is 274 g/mol. The molecule has 4 rings (SSSR count). The number of hydrogen-bond acceptors (Lipinski definition) is 2. The third kappa shape index (κ3) is 2.36. The number of rotatable bonds is 2. The first-order valence-electron chi connectivity index (χ1n) is 7.90. The Morgan fingerprint density at radius 2 is 1.48 bits per heavy atom. The van der Waals surface area contributed by atoms with Crippen LogP contribution in [0.2, 0.25) is 0 Å². The minimum Gasteiger partial charge on any atom is -0.371 e. The topological polar surface area (TPSA) is 3.24 Å². The van der Waals surface area contributed by atoms with E-state index in [-0.39, 0.29) is 0 Å². The smallest absolute Gasteiger partial charge is 0.0431 e. The number of thioether (sulfide) groups is 1. The molecule has 1 nitrogen and oxygen atoms in total. The van der Waals surface area contributed by atoms with Gasteiger partial charge in [-0.05, 0) is 78.5 Å². The highest BCUT2D eigenvalue weighted by Gasteiger charge is 2.24. The van der Waals surface area contributed by atoms with Crippen LogP contribution >= 0.6 is 11.8 Å². The predicted octanol–water partition coefficient (Wildman–Crippen LogP) is 4.77. The van der Waals surface area contributed by atoms with Crippen molar-refractivity contribution in [2.24, 2.45) is 0 Å². The van der Waals surface area contributed by atoms with Gasteiger partial charge in [-0.2, -0.15) is 0 Å². The molecule has 21 heavy (non-hydrogen) atoms. The van der Waals surface area contributed by atoms with Gasteiger partial charge in [-0.3, -0.25) is 0 Å². The van der Waals surface area contributed by atoms with Crippen molar-refractivity contribution in [1.29, 1.82) is 0 Å². The molecule has 2 aromatic carbocycles. The Bertz CT molecular complexity index is 629. The van der Waals surface area contributed by atoms with Gasteiger partial charge in [-0.25, -0.2) is 0 Å². The molecule has 2 heteroatoms. The highest BCUT2D eigenvalue weighted by molar-refractivity contribution is 7.98. The fraction of sp³-hybridized carbons (Fsp3) is 0.368. The van der Waals surface area contributed by atoms with Crippen molar-refractivity contribution in [3.8, 4) is 11.1 Å². The van der Waals surface area contributed by atoms with Crippen molar-refractivity contribution >= 4 is 17.4 Å². The normalized spacial score (nSPS) is 16.7. The van der Waals surface area contributed by atoms with E-state index in [1.165, 1.54) is 54.8 Å². The van der Waals surface area contributed by atoms with Crippen LogP contribution in [0.25, 0.3) is 11.1 Å². The van der Waals surface area contributed by atoms with E-state index in [1.807, 2.05) is 0 Å². The van der Waals surface area contributed by atoms with E-state index in [1.54, 1.807) is 28.6 Å². The van der Waals surface area contributed by atoms with Crippen LogP contribution in [0.4, 0.5) is 5.69 Å². The molecule has 0 spiro atoms. The Morgan fingerprint density at radius 3 is 2.05 bits per heavy atom. The molecular formula is C19H21NS. The maximum Gasteiger partial charge on any atom is 0.0431 e. The van der Waals surface area contributed by atoms with Crippen molar-refractivity contribution in [3.63, 3.8) is 0 Å². The van der Waals surface area contributed by atoms with E-state index in [2.05, 4.69) is 47.6 Å². The molecule has 0 amide bonds. The summed E-state index contributed by atoms with van der Waals surface area (Å²) in [5.41, 5.74) is 7.47. The molecule has 0 N–H and O–H groups in total. The van der Waals surface area contributed by atoms with E-state index in [0.717, 1.165) is 0 Å². The molecule has 0 saturated heterocycles. The van der Waals surface area contributed by atoms with Crippen LogP contribution in [0, 0.1) is 0 Å². The molecule has 2 aromatic rings. The number of nitrogens with zero attached hydrogens (tertiary/aromatic N) is 1. The van der Waals surface area contributed by atoms with Crippen LogP contribution in [-0.2, 0) is 12.8 Å². The second-order valence-corrected chi connectivity index (χ2v) is 6.95. The van der Waals surface area contributed by atoms with Crippen molar-refractivity contribution in [3.05, 3.63) is 47.5 Å². The van der Waals surface area contributed by atoms with Gasteiger partial charge in [0, 0.05) is 23.7 Å². The van der Waals surface area contributed by atoms with Crippen LogP contribution < -0.4 is 4.90 Å². The molecule has 0 atom stereocenters. The fourth-order valence-electron chi connectivity index (χ4n) is 3.75.